The minimum Gasteiger partial charge on any atom is -0.493 e. The molecule has 104 valence electrons. The van der Waals surface area contributed by atoms with Crippen molar-refractivity contribution in [1.29, 1.82) is 0 Å². The lowest BCUT2D eigenvalue weighted by Gasteiger charge is -2.17. The van der Waals surface area contributed by atoms with Crippen molar-refractivity contribution in [3.63, 3.8) is 0 Å². The molecule has 19 heavy (non-hydrogen) atoms. The highest BCUT2D eigenvalue weighted by atomic mass is 16.5. The van der Waals surface area contributed by atoms with Crippen molar-refractivity contribution >= 4 is 11.7 Å². The first-order valence-corrected chi connectivity index (χ1v) is 6.39. The Balaban J connectivity index is 2.71. The van der Waals surface area contributed by atoms with Crippen LogP contribution in [0.3, 0.4) is 0 Å². The predicted molar refractivity (Wildman–Crippen MR) is 74.4 cm³/mol. The van der Waals surface area contributed by atoms with Crippen LogP contribution in [0.4, 0.5) is 0 Å². The van der Waals surface area contributed by atoms with Crippen molar-refractivity contribution in [3.8, 4) is 5.75 Å². The molecule has 0 saturated heterocycles. The zero-order valence-corrected chi connectivity index (χ0v) is 11.9. The van der Waals surface area contributed by atoms with Gasteiger partial charge in [-0.25, -0.2) is 0 Å². The molecule has 0 fully saturated rings. The van der Waals surface area contributed by atoms with Gasteiger partial charge in [-0.1, -0.05) is 32.9 Å². The highest BCUT2D eigenvalue weighted by molar-refractivity contribution is 5.99. The monoisotopic (exact) mass is 263 g/mol. The lowest BCUT2D eigenvalue weighted by Crippen LogP contribution is -2.35. The van der Waals surface area contributed by atoms with Gasteiger partial charge in [-0.05, 0) is 19.1 Å². The third-order valence-electron chi connectivity index (χ3n) is 2.68. The summed E-state index contributed by atoms with van der Waals surface area (Å²) in [5.74, 6) is 0.238. The van der Waals surface area contributed by atoms with Crippen LogP contribution in [0.5, 0.6) is 5.75 Å². The quantitative estimate of drug-likeness (QED) is 0.887. The molecule has 4 heteroatoms. The molecule has 0 radical (unpaired) electrons. The summed E-state index contributed by atoms with van der Waals surface area (Å²) in [6.45, 7) is 7.87. The van der Waals surface area contributed by atoms with Crippen LogP contribution in [0.15, 0.2) is 24.3 Å². The second-order valence-corrected chi connectivity index (χ2v) is 5.29. The summed E-state index contributed by atoms with van der Waals surface area (Å²) in [5, 5.41) is 2.64. The van der Waals surface area contributed by atoms with Crippen molar-refractivity contribution in [1.82, 2.24) is 5.32 Å². The maximum Gasteiger partial charge on any atom is 0.255 e. The number of ketones is 1. The summed E-state index contributed by atoms with van der Waals surface area (Å²) in [4.78, 5) is 23.8. The molecular weight excluding hydrogens is 242 g/mol. The smallest absolute Gasteiger partial charge is 0.255 e. The van der Waals surface area contributed by atoms with Gasteiger partial charge in [0.15, 0.2) is 5.78 Å². The summed E-state index contributed by atoms with van der Waals surface area (Å²) in [7, 11) is 0. The molecular formula is C15H21NO3. The summed E-state index contributed by atoms with van der Waals surface area (Å²) >= 11 is 0. The van der Waals surface area contributed by atoms with Gasteiger partial charge >= 0.3 is 0 Å². The molecule has 1 N–H and O–H groups in total. The maximum absolute atomic E-state index is 12.0. The second kappa shape index (κ2) is 6.36. The van der Waals surface area contributed by atoms with Gasteiger partial charge in [0.1, 0.15) is 5.75 Å². The Labute approximate surface area is 114 Å². The maximum atomic E-state index is 12.0. The van der Waals surface area contributed by atoms with E-state index in [-0.39, 0.29) is 18.2 Å². The van der Waals surface area contributed by atoms with E-state index in [9.17, 15) is 9.59 Å². The van der Waals surface area contributed by atoms with Gasteiger partial charge in [0, 0.05) is 5.41 Å². The third-order valence-corrected chi connectivity index (χ3v) is 2.68. The number of Topliss-reactive ketones (excluding diaryl/α,β-unsaturated/α-hetero) is 1. The molecule has 0 spiro atoms. The lowest BCUT2D eigenvalue weighted by molar-refractivity contribution is -0.125. The van der Waals surface area contributed by atoms with Gasteiger partial charge in [-0.15, -0.1) is 0 Å². The van der Waals surface area contributed by atoms with E-state index in [1.807, 2.05) is 33.8 Å². The van der Waals surface area contributed by atoms with Crippen LogP contribution in [-0.4, -0.2) is 24.8 Å². The van der Waals surface area contributed by atoms with Gasteiger partial charge in [0.05, 0.1) is 18.7 Å². The number of amides is 1. The van der Waals surface area contributed by atoms with E-state index in [1.165, 1.54) is 0 Å². The van der Waals surface area contributed by atoms with Crippen molar-refractivity contribution < 1.29 is 14.3 Å². The van der Waals surface area contributed by atoms with Gasteiger partial charge in [0.2, 0.25) is 0 Å². The summed E-state index contributed by atoms with van der Waals surface area (Å²) < 4.78 is 5.39. The Morgan fingerprint density at radius 1 is 1.21 bits per heavy atom. The molecule has 1 aromatic carbocycles. The minimum atomic E-state index is -0.452. The normalized spacial score (nSPS) is 10.9. The summed E-state index contributed by atoms with van der Waals surface area (Å²) in [6, 6.07) is 7.00. The van der Waals surface area contributed by atoms with Crippen LogP contribution in [-0.2, 0) is 4.79 Å². The molecule has 0 aliphatic heterocycles. The molecule has 0 heterocycles. The largest absolute Gasteiger partial charge is 0.493 e. The van der Waals surface area contributed by atoms with E-state index in [2.05, 4.69) is 5.32 Å². The zero-order chi connectivity index (χ0) is 14.5. The molecule has 0 aliphatic carbocycles. The van der Waals surface area contributed by atoms with Gasteiger partial charge in [-0.3, -0.25) is 9.59 Å². The molecule has 0 bridgehead atoms. The van der Waals surface area contributed by atoms with Crippen molar-refractivity contribution in [2.75, 3.05) is 13.2 Å². The average molecular weight is 263 g/mol. The standard InChI is InChI=1S/C15H21NO3/c1-5-19-12-9-7-6-8-11(12)14(18)16-10-13(17)15(2,3)4/h6-9H,5,10H2,1-4H3,(H,16,18). The van der Waals surface area contributed by atoms with E-state index in [4.69, 9.17) is 4.74 Å². The van der Waals surface area contributed by atoms with E-state index < -0.39 is 5.41 Å². The zero-order valence-electron chi connectivity index (χ0n) is 11.9. The molecule has 0 aliphatic rings. The Bertz CT molecular complexity index is 461. The lowest BCUT2D eigenvalue weighted by atomic mass is 9.91. The summed E-state index contributed by atoms with van der Waals surface area (Å²) in [5.41, 5.74) is -0.00162. The van der Waals surface area contributed by atoms with Gasteiger partial charge in [-0.2, -0.15) is 0 Å². The first-order chi connectivity index (χ1) is 8.86. The number of benzene rings is 1. The van der Waals surface area contributed by atoms with Gasteiger partial charge < -0.3 is 10.1 Å². The SMILES string of the molecule is CCOc1ccccc1C(=O)NCC(=O)C(C)(C)C. The highest BCUT2D eigenvalue weighted by Gasteiger charge is 2.22. The fourth-order valence-corrected chi connectivity index (χ4v) is 1.46. The average Bonchev–Trinajstić information content (AvgIpc) is 2.35. The number of ether oxygens (including phenoxy) is 1. The molecule has 0 unspecified atom stereocenters. The van der Waals surface area contributed by atoms with Crippen molar-refractivity contribution in [3.05, 3.63) is 29.8 Å². The van der Waals surface area contributed by atoms with Crippen LogP contribution in [0.2, 0.25) is 0 Å². The molecule has 4 nitrogen and oxygen atoms in total. The molecule has 1 amide bonds. The molecule has 0 saturated carbocycles. The summed E-state index contributed by atoms with van der Waals surface area (Å²) in [6.07, 6.45) is 0. The Hall–Kier alpha value is -1.84. The van der Waals surface area contributed by atoms with Crippen LogP contribution < -0.4 is 10.1 Å². The minimum absolute atomic E-state index is 0.00487. The number of para-hydroxylation sites is 1. The van der Waals surface area contributed by atoms with E-state index in [0.717, 1.165) is 0 Å². The Kier molecular flexibility index (Phi) is 5.10. The van der Waals surface area contributed by atoms with Crippen molar-refractivity contribution in [2.24, 2.45) is 5.41 Å². The van der Waals surface area contributed by atoms with Crippen LogP contribution in [0.25, 0.3) is 0 Å². The predicted octanol–water partition coefficient (Wildman–Crippen LogP) is 2.43. The molecule has 1 aromatic rings. The van der Waals surface area contributed by atoms with Gasteiger partial charge in [0.25, 0.3) is 5.91 Å². The fourth-order valence-electron chi connectivity index (χ4n) is 1.46. The van der Waals surface area contributed by atoms with E-state index >= 15 is 0 Å². The topological polar surface area (TPSA) is 55.4 Å². The molecule has 0 atom stereocenters. The second-order valence-electron chi connectivity index (χ2n) is 5.29. The van der Waals surface area contributed by atoms with Crippen molar-refractivity contribution in [2.45, 2.75) is 27.7 Å². The number of carbonyl (C=O) groups excluding carboxylic acids is 2. The molecule has 0 aromatic heterocycles. The van der Waals surface area contributed by atoms with E-state index in [0.29, 0.717) is 17.9 Å². The number of hydrogen-bond acceptors (Lipinski definition) is 3. The van der Waals surface area contributed by atoms with Crippen LogP contribution in [0, 0.1) is 5.41 Å². The number of carbonyl (C=O) groups is 2. The molecule has 1 rings (SSSR count). The Morgan fingerprint density at radius 3 is 2.42 bits per heavy atom. The first kappa shape index (κ1) is 15.2. The van der Waals surface area contributed by atoms with Crippen LogP contribution >= 0.6 is 0 Å². The third kappa shape index (κ3) is 4.39. The Morgan fingerprint density at radius 2 is 1.84 bits per heavy atom. The fraction of sp³-hybridized carbons (Fsp3) is 0.467. The number of hydrogen-bond donors (Lipinski definition) is 1. The first-order valence-electron chi connectivity index (χ1n) is 6.39. The number of rotatable bonds is 5. The van der Waals surface area contributed by atoms with E-state index in [1.54, 1.807) is 18.2 Å². The number of nitrogens with one attached hydrogen (secondary N) is 1. The highest BCUT2D eigenvalue weighted by Crippen LogP contribution is 2.18. The van der Waals surface area contributed by atoms with Crippen LogP contribution in [0.1, 0.15) is 38.1 Å².